The molecule has 1 N–H and O–H groups in total. The largest absolute Gasteiger partial charge is 0.545 e. The lowest BCUT2D eigenvalue weighted by Gasteiger charge is -2.09. The van der Waals surface area contributed by atoms with Gasteiger partial charge >= 0.3 is 0 Å². The van der Waals surface area contributed by atoms with Gasteiger partial charge in [-0.05, 0) is 25.1 Å². The molecular weight excluding hydrogens is 286 g/mol. The minimum absolute atomic E-state index is 0.0966. The van der Waals surface area contributed by atoms with Crippen molar-refractivity contribution < 1.29 is 14.7 Å². The molecular formula is C15H14N3O4-. The normalized spacial score (nSPS) is 10.8. The van der Waals surface area contributed by atoms with Crippen LogP contribution in [-0.2, 0) is 16.6 Å². The molecule has 0 saturated heterocycles. The number of para-hydroxylation sites is 1. The summed E-state index contributed by atoms with van der Waals surface area (Å²) in [5, 5.41) is 12.7. The molecule has 0 aliphatic carbocycles. The quantitative estimate of drug-likeness (QED) is 0.786. The summed E-state index contributed by atoms with van der Waals surface area (Å²) in [5.74, 6) is -2.20. The van der Waals surface area contributed by atoms with E-state index in [4.69, 9.17) is 0 Å². The summed E-state index contributed by atoms with van der Waals surface area (Å²) in [6.07, 6.45) is 1.40. The summed E-state index contributed by atoms with van der Waals surface area (Å²) in [6, 6.07) is 9.18. The van der Waals surface area contributed by atoms with Crippen molar-refractivity contribution in [3.8, 4) is 5.69 Å². The van der Waals surface area contributed by atoms with Crippen LogP contribution in [0, 0.1) is 6.92 Å². The molecule has 114 valence electrons. The number of carbonyl (C=O) groups excluding carboxylic acids is 2. The van der Waals surface area contributed by atoms with E-state index < -0.39 is 17.4 Å². The zero-order valence-corrected chi connectivity index (χ0v) is 12.1. The molecule has 2 rings (SSSR count). The van der Waals surface area contributed by atoms with E-state index in [1.807, 2.05) is 30.3 Å². The van der Waals surface area contributed by atoms with E-state index in [0.29, 0.717) is 11.8 Å². The Morgan fingerprint density at radius 3 is 2.41 bits per heavy atom. The van der Waals surface area contributed by atoms with E-state index in [-0.39, 0.29) is 5.69 Å². The third-order valence-electron chi connectivity index (χ3n) is 3.11. The van der Waals surface area contributed by atoms with Gasteiger partial charge in [-0.2, -0.15) is 0 Å². The Hall–Kier alpha value is -3.09. The third-order valence-corrected chi connectivity index (χ3v) is 3.11. The van der Waals surface area contributed by atoms with E-state index in [2.05, 4.69) is 5.32 Å². The van der Waals surface area contributed by atoms with Gasteiger partial charge < -0.3 is 15.2 Å². The second-order valence-corrected chi connectivity index (χ2v) is 4.58. The van der Waals surface area contributed by atoms with Crippen LogP contribution in [0.5, 0.6) is 0 Å². The topological polar surface area (TPSA) is 96.2 Å². The lowest BCUT2D eigenvalue weighted by atomic mass is 10.3. The van der Waals surface area contributed by atoms with Crippen molar-refractivity contribution >= 4 is 17.6 Å². The molecule has 0 aliphatic rings. The van der Waals surface area contributed by atoms with Gasteiger partial charge in [0.15, 0.2) is 0 Å². The predicted molar refractivity (Wildman–Crippen MR) is 78.5 cm³/mol. The summed E-state index contributed by atoms with van der Waals surface area (Å²) in [6.45, 7) is 1.69. The van der Waals surface area contributed by atoms with Gasteiger partial charge in [-0.25, -0.2) is 4.68 Å². The number of nitrogens with zero attached hydrogens (tertiary/aromatic N) is 2. The molecule has 0 radical (unpaired) electrons. The van der Waals surface area contributed by atoms with Gasteiger partial charge in [0.1, 0.15) is 5.69 Å². The SMILES string of the molecule is Cc1c(NC(=O)/C=C/C(=O)[O-])c(=O)n(C)n1-c1ccccc1. The number of carboxylic acid groups (broad SMARTS) is 1. The number of hydrogen-bond acceptors (Lipinski definition) is 4. The molecule has 0 fully saturated rings. The molecule has 1 aromatic heterocycles. The van der Waals surface area contributed by atoms with Crippen LogP contribution in [0.3, 0.4) is 0 Å². The Balaban J connectivity index is 2.41. The van der Waals surface area contributed by atoms with E-state index in [1.54, 1.807) is 18.7 Å². The maximum absolute atomic E-state index is 12.2. The fraction of sp³-hybridized carbons (Fsp3) is 0.133. The molecule has 7 heteroatoms. The van der Waals surface area contributed by atoms with Gasteiger partial charge in [-0.15, -0.1) is 0 Å². The maximum Gasteiger partial charge on any atom is 0.290 e. The smallest absolute Gasteiger partial charge is 0.290 e. The second-order valence-electron chi connectivity index (χ2n) is 4.58. The number of amides is 1. The first kappa shape index (κ1) is 15.3. The van der Waals surface area contributed by atoms with Crippen molar-refractivity contribution in [3.05, 3.63) is 58.5 Å². The van der Waals surface area contributed by atoms with Crippen LogP contribution in [0.4, 0.5) is 5.69 Å². The molecule has 0 spiro atoms. The minimum atomic E-state index is -1.48. The van der Waals surface area contributed by atoms with E-state index >= 15 is 0 Å². The minimum Gasteiger partial charge on any atom is -0.545 e. The molecule has 7 nitrogen and oxygen atoms in total. The zero-order valence-electron chi connectivity index (χ0n) is 12.1. The van der Waals surface area contributed by atoms with Gasteiger partial charge in [0.05, 0.1) is 17.4 Å². The second kappa shape index (κ2) is 6.13. The first-order valence-electron chi connectivity index (χ1n) is 6.46. The van der Waals surface area contributed by atoms with Crippen LogP contribution in [0.25, 0.3) is 5.69 Å². The van der Waals surface area contributed by atoms with Gasteiger partial charge in [-0.3, -0.25) is 14.3 Å². The lowest BCUT2D eigenvalue weighted by molar-refractivity contribution is -0.297. The van der Waals surface area contributed by atoms with Crippen molar-refractivity contribution in [1.29, 1.82) is 0 Å². The lowest BCUT2D eigenvalue weighted by Crippen LogP contribution is -2.22. The Kier molecular flexibility index (Phi) is 4.26. The standard InChI is InChI=1S/C15H15N3O4/c1-10-14(16-12(19)8-9-13(20)21)15(22)17(2)18(10)11-6-4-3-5-7-11/h3-9H,1-2H3,(H,16,19)(H,20,21)/p-1/b9-8+. The number of aromatic nitrogens is 2. The average molecular weight is 300 g/mol. The molecule has 2 aromatic rings. The van der Waals surface area contributed by atoms with Crippen molar-refractivity contribution in [2.24, 2.45) is 7.05 Å². The van der Waals surface area contributed by atoms with Gasteiger partial charge in [0, 0.05) is 13.1 Å². The molecule has 1 heterocycles. The van der Waals surface area contributed by atoms with E-state index in [1.165, 1.54) is 4.68 Å². The Morgan fingerprint density at radius 2 is 1.82 bits per heavy atom. The number of nitrogens with one attached hydrogen (secondary N) is 1. The molecule has 0 aliphatic heterocycles. The molecule has 0 bridgehead atoms. The van der Waals surface area contributed by atoms with Crippen LogP contribution in [0.2, 0.25) is 0 Å². The highest BCUT2D eigenvalue weighted by Crippen LogP contribution is 2.16. The summed E-state index contributed by atoms with van der Waals surface area (Å²) in [4.78, 5) is 34.1. The number of carboxylic acids is 1. The highest BCUT2D eigenvalue weighted by atomic mass is 16.4. The number of hydrogen-bond donors (Lipinski definition) is 1. The van der Waals surface area contributed by atoms with Crippen LogP contribution < -0.4 is 16.0 Å². The number of anilines is 1. The first-order chi connectivity index (χ1) is 10.4. The Labute approximate surface area is 126 Å². The number of carbonyl (C=O) groups is 2. The average Bonchev–Trinajstić information content (AvgIpc) is 2.70. The summed E-state index contributed by atoms with van der Waals surface area (Å²) < 4.78 is 3.02. The molecule has 1 amide bonds. The van der Waals surface area contributed by atoms with Crippen LogP contribution in [0.1, 0.15) is 5.69 Å². The predicted octanol–water partition coefficient (Wildman–Crippen LogP) is -0.271. The zero-order chi connectivity index (χ0) is 16.3. The first-order valence-corrected chi connectivity index (χ1v) is 6.46. The summed E-state index contributed by atoms with van der Waals surface area (Å²) in [7, 11) is 1.58. The molecule has 0 unspecified atom stereocenters. The fourth-order valence-electron chi connectivity index (χ4n) is 2.13. The summed E-state index contributed by atoms with van der Waals surface area (Å²) >= 11 is 0. The number of aliphatic carboxylic acids is 1. The van der Waals surface area contributed by atoms with Crippen LogP contribution >= 0.6 is 0 Å². The fourth-order valence-corrected chi connectivity index (χ4v) is 2.13. The van der Waals surface area contributed by atoms with E-state index in [9.17, 15) is 19.5 Å². The van der Waals surface area contributed by atoms with Crippen molar-refractivity contribution in [2.45, 2.75) is 6.92 Å². The number of rotatable bonds is 4. The third kappa shape index (κ3) is 2.98. The van der Waals surface area contributed by atoms with E-state index in [0.717, 1.165) is 11.8 Å². The molecule has 1 aromatic carbocycles. The number of benzene rings is 1. The highest BCUT2D eigenvalue weighted by molar-refractivity contribution is 6.02. The molecule has 0 saturated carbocycles. The highest BCUT2D eigenvalue weighted by Gasteiger charge is 2.16. The van der Waals surface area contributed by atoms with Gasteiger partial charge in [0.25, 0.3) is 5.56 Å². The Bertz CT molecular complexity index is 800. The van der Waals surface area contributed by atoms with Crippen molar-refractivity contribution in [2.75, 3.05) is 5.32 Å². The molecule has 0 atom stereocenters. The monoisotopic (exact) mass is 300 g/mol. The van der Waals surface area contributed by atoms with Crippen LogP contribution in [0.15, 0.2) is 47.3 Å². The molecule has 22 heavy (non-hydrogen) atoms. The van der Waals surface area contributed by atoms with Gasteiger partial charge in [0.2, 0.25) is 5.91 Å². The van der Waals surface area contributed by atoms with Gasteiger partial charge in [-0.1, -0.05) is 18.2 Å². The van der Waals surface area contributed by atoms with Crippen LogP contribution in [-0.4, -0.2) is 21.2 Å². The van der Waals surface area contributed by atoms with Crippen molar-refractivity contribution in [3.63, 3.8) is 0 Å². The summed E-state index contributed by atoms with van der Waals surface area (Å²) in [5.41, 5.74) is 1.01. The Morgan fingerprint density at radius 1 is 1.18 bits per heavy atom. The maximum atomic E-state index is 12.2. The van der Waals surface area contributed by atoms with Crippen molar-refractivity contribution in [1.82, 2.24) is 9.36 Å².